The molecule has 1 aliphatic rings. The Hall–Kier alpha value is -1.94. The minimum Gasteiger partial charge on any atom is -0.372 e. The number of nitrogens with zero attached hydrogens (tertiary/aromatic N) is 3. The van der Waals surface area contributed by atoms with Crippen molar-refractivity contribution in [1.29, 1.82) is 0 Å². The number of benzene rings is 1. The molecule has 0 aliphatic carbocycles. The van der Waals surface area contributed by atoms with Crippen LogP contribution in [0.5, 0.6) is 0 Å². The topological polar surface area (TPSA) is 61.8 Å². The fourth-order valence-corrected chi connectivity index (χ4v) is 3.59. The Morgan fingerprint density at radius 1 is 1.16 bits per heavy atom. The lowest BCUT2D eigenvalue weighted by Gasteiger charge is -2.36. The maximum Gasteiger partial charge on any atom is 0.191 e. The number of aromatic nitrogens is 1. The van der Waals surface area contributed by atoms with Crippen molar-refractivity contribution in [3.63, 3.8) is 0 Å². The van der Waals surface area contributed by atoms with Gasteiger partial charge in [-0.1, -0.05) is 18.2 Å². The van der Waals surface area contributed by atoms with E-state index in [0.717, 1.165) is 49.0 Å². The Morgan fingerprint density at radius 2 is 1.94 bits per heavy atom. The van der Waals surface area contributed by atoms with Crippen molar-refractivity contribution in [3.8, 4) is 0 Å². The fraction of sp³-hybridized carbons (Fsp3) is 0.478. The molecule has 1 saturated heterocycles. The number of aliphatic imine (C=N–C) groups is 1. The highest BCUT2D eigenvalue weighted by molar-refractivity contribution is 14.0. The Morgan fingerprint density at radius 3 is 2.58 bits per heavy atom. The summed E-state index contributed by atoms with van der Waals surface area (Å²) in [5, 5.41) is 6.55. The van der Waals surface area contributed by atoms with Gasteiger partial charge in [-0.2, -0.15) is 0 Å². The molecule has 1 aromatic carbocycles. The predicted octanol–water partition coefficient (Wildman–Crippen LogP) is 3.75. The molecule has 0 spiro atoms. The fourth-order valence-electron chi connectivity index (χ4n) is 3.59. The van der Waals surface area contributed by atoms with Crippen LogP contribution in [0.15, 0.2) is 47.6 Å². The molecule has 2 heterocycles. The van der Waals surface area contributed by atoms with Crippen LogP contribution in [-0.2, 0) is 17.7 Å². The van der Waals surface area contributed by atoms with Gasteiger partial charge in [0.2, 0.25) is 0 Å². The van der Waals surface area contributed by atoms with Crippen LogP contribution in [0.1, 0.15) is 31.9 Å². The van der Waals surface area contributed by atoms with Crippen LogP contribution in [-0.4, -0.2) is 49.3 Å². The van der Waals surface area contributed by atoms with Gasteiger partial charge in [-0.15, -0.1) is 24.0 Å². The molecular weight excluding hydrogens is 508 g/mol. The summed E-state index contributed by atoms with van der Waals surface area (Å²) in [4.78, 5) is 11.5. The molecule has 8 heteroatoms. The number of guanidine groups is 1. The monoisotopic (exact) mass is 541 g/mol. The first kappa shape index (κ1) is 25.3. The van der Waals surface area contributed by atoms with E-state index in [2.05, 4.69) is 51.5 Å². The van der Waals surface area contributed by atoms with Gasteiger partial charge in [0, 0.05) is 32.4 Å². The quantitative estimate of drug-likeness (QED) is 0.318. The Balaban J connectivity index is 0.00000341. The van der Waals surface area contributed by atoms with Crippen LogP contribution in [0.4, 0.5) is 10.2 Å². The van der Waals surface area contributed by atoms with E-state index in [0.29, 0.717) is 13.1 Å². The van der Waals surface area contributed by atoms with E-state index in [1.807, 2.05) is 19.2 Å². The summed E-state index contributed by atoms with van der Waals surface area (Å²) < 4.78 is 19.1. The van der Waals surface area contributed by atoms with Gasteiger partial charge in [-0.3, -0.25) is 0 Å². The van der Waals surface area contributed by atoms with Crippen molar-refractivity contribution in [2.24, 2.45) is 4.99 Å². The summed E-state index contributed by atoms with van der Waals surface area (Å²) in [5.41, 5.74) is 2.01. The van der Waals surface area contributed by atoms with Crippen LogP contribution in [0, 0.1) is 5.82 Å². The van der Waals surface area contributed by atoms with Crippen LogP contribution in [0.25, 0.3) is 0 Å². The molecule has 1 fully saturated rings. The highest BCUT2D eigenvalue weighted by Crippen LogP contribution is 2.18. The Kier molecular flexibility index (Phi) is 10.5. The van der Waals surface area contributed by atoms with E-state index < -0.39 is 0 Å². The zero-order chi connectivity index (χ0) is 21.3. The van der Waals surface area contributed by atoms with E-state index in [9.17, 15) is 4.39 Å². The zero-order valence-corrected chi connectivity index (χ0v) is 20.8. The number of ether oxygens (including phenoxy) is 1. The van der Waals surface area contributed by atoms with Crippen LogP contribution < -0.4 is 15.5 Å². The van der Waals surface area contributed by atoms with E-state index in [1.165, 1.54) is 6.07 Å². The second-order valence-corrected chi connectivity index (χ2v) is 7.69. The van der Waals surface area contributed by atoms with E-state index in [4.69, 9.17) is 4.74 Å². The number of pyridine rings is 1. The molecule has 2 unspecified atom stereocenters. The lowest BCUT2D eigenvalue weighted by Crippen LogP contribution is -2.45. The highest BCUT2D eigenvalue weighted by Gasteiger charge is 2.22. The molecule has 1 aromatic heterocycles. The summed E-state index contributed by atoms with van der Waals surface area (Å²) in [7, 11) is 0. The minimum atomic E-state index is -0.204. The molecule has 0 saturated carbocycles. The first-order valence-electron chi connectivity index (χ1n) is 10.7. The van der Waals surface area contributed by atoms with Gasteiger partial charge >= 0.3 is 0 Å². The molecule has 170 valence electrons. The second-order valence-electron chi connectivity index (χ2n) is 7.69. The number of nitrogens with one attached hydrogen (secondary N) is 2. The number of morpholine rings is 1. The lowest BCUT2D eigenvalue weighted by molar-refractivity contribution is -0.00545. The average molecular weight is 541 g/mol. The first-order valence-corrected chi connectivity index (χ1v) is 10.7. The third-order valence-corrected chi connectivity index (χ3v) is 4.91. The number of halogens is 2. The van der Waals surface area contributed by atoms with Gasteiger partial charge in [-0.25, -0.2) is 14.4 Å². The number of hydrogen-bond donors (Lipinski definition) is 2. The van der Waals surface area contributed by atoms with Gasteiger partial charge in [0.15, 0.2) is 5.96 Å². The van der Waals surface area contributed by atoms with E-state index in [1.54, 1.807) is 12.1 Å². The average Bonchev–Trinajstić information content (AvgIpc) is 2.72. The minimum absolute atomic E-state index is 0. The van der Waals surface area contributed by atoms with Crippen LogP contribution >= 0.6 is 24.0 Å². The number of rotatable bonds is 7. The molecule has 0 amide bonds. The molecule has 2 aromatic rings. The highest BCUT2D eigenvalue weighted by atomic mass is 127. The summed E-state index contributed by atoms with van der Waals surface area (Å²) in [5.74, 6) is 1.52. The third-order valence-electron chi connectivity index (χ3n) is 4.91. The van der Waals surface area contributed by atoms with Crippen molar-refractivity contribution in [1.82, 2.24) is 15.6 Å². The molecule has 2 atom stereocenters. The van der Waals surface area contributed by atoms with Gasteiger partial charge in [0.05, 0.1) is 18.8 Å². The van der Waals surface area contributed by atoms with Gasteiger partial charge in [-0.05, 0) is 56.5 Å². The Labute approximate surface area is 201 Å². The van der Waals surface area contributed by atoms with Crippen LogP contribution in [0.3, 0.4) is 0 Å². The maximum atomic E-state index is 13.3. The summed E-state index contributed by atoms with van der Waals surface area (Å²) in [6, 6.07) is 10.8. The zero-order valence-electron chi connectivity index (χ0n) is 18.5. The SMILES string of the molecule is CCNC(=NCc1ccc(N2CC(C)OC(C)C2)nc1)NCCc1cccc(F)c1.I. The van der Waals surface area contributed by atoms with Gasteiger partial charge in [0.25, 0.3) is 0 Å². The summed E-state index contributed by atoms with van der Waals surface area (Å²) in [6.45, 7) is 9.92. The molecule has 6 nitrogen and oxygen atoms in total. The first-order chi connectivity index (χ1) is 14.5. The maximum absolute atomic E-state index is 13.3. The van der Waals surface area contributed by atoms with Crippen molar-refractivity contribution >= 4 is 35.8 Å². The normalized spacial score (nSPS) is 19.0. The van der Waals surface area contributed by atoms with Crippen molar-refractivity contribution in [2.75, 3.05) is 31.1 Å². The van der Waals surface area contributed by atoms with Crippen molar-refractivity contribution in [2.45, 2.75) is 45.9 Å². The molecule has 31 heavy (non-hydrogen) atoms. The van der Waals surface area contributed by atoms with E-state index in [-0.39, 0.29) is 42.0 Å². The number of anilines is 1. The van der Waals surface area contributed by atoms with Crippen molar-refractivity contribution < 1.29 is 9.13 Å². The molecule has 2 N–H and O–H groups in total. The molecule has 0 radical (unpaired) electrons. The lowest BCUT2D eigenvalue weighted by atomic mass is 10.1. The molecule has 3 rings (SSSR count). The second kappa shape index (κ2) is 12.8. The summed E-state index contributed by atoms with van der Waals surface area (Å²) in [6.07, 6.45) is 3.04. The summed E-state index contributed by atoms with van der Waals surface area (Å²) >= 11 is 0. The number of hydrogen-bond acceptors (Lipinski definition) is 4. The predicted molar refractivity (Wildman–Crippen MR) is 135 cm³/mol. The van der Waals surface area contributed by atoms with Gasteiger partial charge < -0.3 is 20.3 Å². The Bertz CT molecular complexity index is 823. The van der Waals surface area contributed by atoms with Crippen LogP contribution in [0.2, 0.25) is 0 Å². The molecule has 0 bridgehead atoms. The van der Waals surface area contributed by atoms with E-state index >= 15 is 0 Å². The smallest absolute Gasteiger partial charge is 0.191 e. The van der Waals surface area contributed by atoms with Gasteiger partial charge in [0.1, 0.15) is 11.6 Å². The third kappa shape index (κ3) is 8.25. The largest absolute Gasteiger partial charge is 0.372 e. The molecular formula is C23H33FIN5O. The standard InChI is InChI=1S/C23H32FN5O.HI/c1-4-25-23(26-11-10-19-6-5-7-21(24)12-19)28-14-20-8-9-22(27-13-20)29-15-17(2)30-18(3)16-29;/h5-9,12-13,17-18H,4,10-11,14-16H2,1-3H3,(H2,25,26,28);1H. The van der Waals surface area contributed by atoms with Crippen molar-refractivity contribution in [3.05, 3.63) is 59.5 Å². The molecule has 1 aliphatic heterocycles.